The van der Waals surface area contributed by atoms with Crippen LogP contribution >= 0.6 is 0 Å². The fourth-order valence-corrected chi connectivity index (χ4v) is 2.61. The van der Waals surface area contributed by atoms with Gasteiger partial charge in [0, 0.05) is 82.6 Å². The molecule has 0 N–H and O–H groups in total. The molecule has 1 aromatic carbocycles. The summed E-state index contributed by atoms with van der Waals surface area (Å²) in [5.74, 6) is 0.0376. The molecule has 128 valence electrons. The van der Waals surface area contributed by atoms with Crippen molar-refractivity contribution in [3.8, 4) is 0 Å². The van der Waals surface area contributed by atoms with Crippen LogP contribution in [0.15, 0.2) is 47.8 Å². The zero-order chi connectivity index (χ0) is 17.9. The summed E-state index contributed by atoms with van der Waals surface area (Å²) < 4.78 is 0. The molecule has 1 aromatic rings. The van der Waals surface area contributed by atoms with E-state index in [9.17, 15) is 14.9 Å². The van der Waals surface area contributed by atoms with Crippen molar-refractivity contribution in [2.75, 3.05) is 46.2 Å². The minimum Gasteiger partial charge on any atom is -0.383 e. The number of piperidine rings is 1. The van der Waals surface area contributed by atoms with Gasteiger partial charge in [-0.05, 0) is 12.1 Å². The van der Waals surface area contributed by atoms with Crippen LogP contribution in [0, 0.1) is 10.1 Å². The summed E-state index contributed by atoms with van der Waals surface area (Å²) in [6.45, 7) is 0.944. The Kier molecular flexibility index (Phi) is 5.23. The number of carbonyl (C=O) groups excluding carboxylic acids is 1. The van der Waals surface area contributed by atoms with E-state index in [-0.39, 0.29) is 11.5 Å². The molecular weight excluding hydrogens is 308 g/mol. The first kappa shape index (κ1) is 17.5. The van der Waals surface area contributed by atoms with Gasteiger partial charge in [-0.1, -0.05) is 0 Å². The van der Waals surface area contributed by atoms with Gasteiger partial charge in [0.25, 0.3) is 5.69 Å². The summed E-state index contributed by atoms with van der Waals surface area (Å²) in [4.78, 5) is 28.7. The molecule has 1 heterocycles. The molecular formula is C17H22N4O3. The van der Waals surface area contributed by atoms with Crippen molar-refractivity contribution in [1.82, 2.24) is 9.80 Å². The molecule has 24 heavy (non-hydrogen) atoms. The van der Waals surface area contributed by atoms with E-state index in [2.05, 4.69) is 0 Å². The summed E-state index contributed by atoms with van der Waals surface area (Å²) >= 11 is 0. The average molecular weight is 330 g/mol. The number of nitro groups is 1. The van der Waals surface area contributed by atoms with Crippen molar-refractivity contribution in [2.24, 2.45) is 0 Å². The number of hydrogen-bond donors (Lipinski definition) is 0. The van der Waals surface area contributed by atoms with E-state index in [0.717, 1.165) is 5.69 Å². The smallest absolute Gasteiger partial charge is 0.269 e. The predicted octanol–water partition coefficient (Wildman–Crippen LogP) is 1.87. The second-order valence-corrected chi connectivity index (χ2v) is 6.19. The highest BCUT2D eigenvalue weighted by atomic mass is 16.6. The van der Waals surface area contributed by atoms with Crippen LogP contribution in [-0.2, 0) is 4.79 Å². The van der Waals surface area contributed by atoms with Crippen LogP contribution in [0.2, 0.25) is 0 Å². The third-order valence-electron chi connectivity index (χ3n) is 3.56. The lowest BCUT2D eigenvalue weighted by atomic mass is 9.98. The highest BCUT2D eigenvalue weighted by Crippen LogP contribution is 2.26. The first-order valence-electron chi connectivity index (χ1n) is 7.56. The Bertz CT molecular complexity index is 660. The van der Waals surface area contributed by atoms with E-state index >= 15 is 0 Å². The van der Waals surface area contributed by atoms with Gasteiger partial charge in [0.05, 0.1) is 4.92 Å². The third-order valence-corrected chi connectivity index (χ3v) is 3.56. The second kappa shape index (κ2) is 7.16. The van der Waals surface area contributed by atoms with E-state index in [1.807, 2.05) is 55.3 Å². The van der Waals surface area contributed by atoms with Gasteiger partial charge in [-0.25, -0.2) is 0 Å². The van der Waals surface area contributed by atoms with Gasteiger partial charge in [0.2, 0.25) is 0 Å². The van der Waals surface area contributed by atoms with Crippen molar-refractivity contribution in [2.45, 2.75) is 0 Å². The van der Waals surface area contributed by atoms with E-state index in [4.69, 9.17) is 0 Å². The number of ketones is 1. The van der Waals surface area contributed by atoms with Gasteiger partial charge in [0.1, 0.15) is 0 Å². The van der Waals surface area contributed by atoms with Crippen molar-refractivity contribution in [3.63, 3.8) is 0 Å². The minimum atomic E-state index is -0.418. The molecule has 0 aromatic heterocycles. The third kappa shape index (κ3) is 4.13. The van der Waals surface area contributed by atoms with Crippen molar-refractivity contribution in [3.05, 3.63) is 57.9 Å². The Morgan fingerprint density at radius 2 is 1.46 bits per heavy atom. The van der Waals surface area contributed by atoms with Gasteiger partial charge >= 0.3 is 0 Å². The first-order valence-corrected chi connectivity index (χ1v) is 7.56. The van der Waals surface area contributed by atoms with Gasteiger partial charge < -0.3 is 14.7 Å². The second-order valence-electron chi connectivity index (χ2n) is 6.19. The van der Waals surface area contributed by atoms with Gasteiger partial charge in [-0.15, -0.1) is 0 Å². The van der Waals surface area contributed by atoms with E-state index in [1.54, 1.807) is 12.1 Å². The highest BCUT2D eigenvalue weighted by molar-refractivity contribution is 6.10. The maximum absolute atomic E-state index is 12.6. The highest BCUT2D eigenvalue weighted by Gasteiger charge is 2.27. The van der Waals surface area contributed by atoms with Gasteiger partial charge in [-0.3, -0.25) is 14.9 Å². The molecule has 0 amide bonds. The molecule has 0 unspecified atom stereocenters. The van der Waals surface area contributed by atoms with Crippen LogP contribution in [0.25, 0.3) is 0 Å². The molecule has 0 radical (unpaired) electrons. The zero-order valence-corrected chi connectivity index (χ0v) is 14.4. The fourth-order valence-electron chi connectivity index (χ4n) is 2.61. The number of carbonyl (C=O) groups is 1. The largest absolute Gasteiger partial charge is 0.383 e. The van der Waals surface area contributed by atoms with E-state index < -0.39 is 4.92 Å². The molecule has 2 rings (SSSR count). The number of Topliss-reactive ketones (excluding diaryl/α,β-unsaturated/α-hetero) is 1. The molecule has 1 aliphatic heterocycles. The van der Waals surface area contributed by atoms with Crippen LogP contribution in [0.1, 0.15) is 0 Å². The summed E-state index contributed by atoms with van der Waals surface area (Å²) in [6, 6.07) is 6.40. The summed E-state index contributed by atoms with van der Waals surface area (Å²) in [5.41, 5.74) is 2.29. The molecule has 0 saturated carbocycles. The Labute approximate surface area is 141 Å². The maximum Gasteiger partial charge on any atom is 0.269 e. The number of hydrogen-bond acceptors (Lipinski definition) is 6. The zero-order valence-electron chi connectivity index (χ0n) is 14.4. The lowest BCUT2D eigenvalue weighted by Gasteiger charge is -2.32. The standard InChI is InChI=1S/C17H22N4O3/c1-18(2)9-13-11-20(12-14(17(13)22)10-19(3)4)15-5-7-16(8-6-15)21(23)24/h5-10H,11-12H2,1-4H3/b13-9-,14-10+. The molecule has 7 nitrogen and oxygen atoms in total. The van der Waals surface area contributed by atoms with Crippen molar-refractivity contribution >= 4 is 17.2 Å². The molecule has 0 aliphatic carbocycles. The average Bonchev–Trinajstić information content (AvgIpc) is 2.50. The summed E-state index contributed by atoms with van der Waals surface area (Å²) in [7, 11) is 7.50. The molecule has 1 fully saturated rings. The van der Waals surface area contributed by atoms with Crippen molar-refractivity contribution < 1.29 is 9.72 Å². The first-order chi connectivity index (χ1) is 11.3. The van der Waals surface area contributed by atoms with E-state index in [1.165, 1.54) is 12.1 Å². The Hall–Kier alpha value is -2.83. The van der Waals surface area contributed by atoms with Crippen LogP contribution in [0.3, 0.4) is 0 Å². The number of rotatable bonds is 4. The Morgan fingerprint density at radius 3 is 1.83 bits per heavy atom. The SMILES string of the molecule is CN(C)/C=C1/CN(c2ccc([N+](=O)[O-])cc2)C/C(=C\N(C)C)C1=O. The number of anilines is 1. The van der Waals surface area contributed by atoms with Crippen molar-refractivity contribution in [1.29, 1.82) is 0 Å². The normalized spacial score (nSPS) is 18.2. The molecule has 1 aliphatic rings. The number of nitro benzene ring substituents is 1. The Balaban J connectivity index is 2.35. The van der Waals surface area contributed by atoms with Crippen LogP contribution in [0.4, 0.5) is 11.4 Å². The lowest BCUT2D eigenvalue weighted by molar-refractivity contribution is -0.384. The van der Waals surface area contributed by atoms with Crippen LogP contribution in [-0.4, -0.2) is 61.8 Å². The van der Waals surface area contributed by atoms with Gasteiger partial charge in [-0.2, -0.15) is 0 Å². The van der Waals surface area contributed by atoms with Crippen LogP contribution < -0.4 is 4.90 Å². The number of nitrogens with zero attached hydrogens (tertiary/aromatic N) is 4. The minimum absolute atomic E-state index is 0.0376. The van der Waals surface area contributed by atoms with E-state index in [0.29, 0.717) is 24.2 Å². The molecule has 7 heteroatoms. The fraction of sp³-hybridized carbons (Fsp3) is 0.353. The lowest BCUT2D eigenvalue weighted by Crippen LogP contribution is -2.39. The molecule has 0 spiro atoms. The number of non-ortho nitro benzene ring substituents is 1. The quantitative estimate of drug-likeness (QED) is 0.477. The topological polar surface area (TPSA) is 69.9 Å². The predicted molar refractivity (Wildman–Crippen MR) is 93.9 cm³/mol. The summed E-state index contributed by atoms with van der Waals surface area (Å²) in [5, 5.41) is 10.8. The van der Waals surface area contributed by atoms with Gasteiger partial charge in [0.15, 0.2) is 5.78 Å². The molecule has 0 bridgehead atoms. The maximum atomic E-state index is 12.6. The number of benzene rings is 1. The molecule has 1 saturated heterocycles. The Morgan fingerprint density at radius 1 is 1.00 bits per heavy atom. The molecule has 0 atom stereocenters. The monoisotopic (exact) mass is 330 g/mol. The summed E-state index contributed by atoms with van der Waals surface area (Å²) in [6.07, 6.45) is 3.65. The van der Waals surface area contributed by atoms with Crippen LogP contribution in [0.5, 0.6) is 0 Å².